The quantitative estimate of drug-likeness (QED) is 0.656. The number of fused-ring (bicyclic) bond motifs is 1. The summed E-state index contributed by atoms with van der Waals surface area (Å²) < 4.78 is 0. The number of anilines is 1. The highest BCUT2D eigenvalue weighted by atomic mass is 15.1. The standard InChI is InChI=1S/C11H12N2/c1-13(2)10-6-5-9-4-3-7-12-11(9)8-10/h3-8H,1-2H3. The molecule has 0 aliphatic rings. The molecule has 2 nitrogen and oxygen atoms in total. The number of aromatic nitrogens is 1. The summed E-state index contributed by atoms with van der Waals surface area (Å²) in [6, 6.07) is 10.3. The van der Waals surface area contributed by atoms with Crippen LogP contribution in [0.2, 0.25) is 0 Å². The van der Waals surface area contributed by atoms with Crippen molar-refractivity contribution in [3.8, 4) is 0 Å². The summed E-state index contributed by atoms with van der Waals surface area (Å²) >= 11 is 0. The van der Waals surface area contributed by atoms with Crippen molar-refractivity contribution in [2.24, 2.45) is 0 Å². The molecule has 2 heteroatoms. The van der Waals surface area contributed by atoms with Gasteiger partial charge in [0.2, 0.25) is 0 Å². The summed E-state index contributed by atoms with van der Waals surface area (Å²) in [5.41, 5.74) is 2.24. The lowest BCUT2D eigenvalue weighted by Crippen LogP contribution is -2.08. The van der Waals surface area contributed by atoms with E-state index in [1.54, 1.807) is 0 Å². The Morgan fingerprint density at radius 2 is 2.00 bits per heavy atom. The minimum absolute atomic E-state index is 1.05. The summed E-state index contributed by atoms with van der Waals surface area (Å²) in [6.45, 7) is 0. The van der Waals surface area contributed by atoms with Crippen LogP contribution < -0.4 is 4.90 Å². The molecule has 0 fully saturated rings. The van der Waals surface area contributed by atoms with E-state index in [0.29, 0.717) is 0 Å². The minimum Gasteiger partial charge on any atom is -0.378 e. The van der Waals surface area contributed by atoms with Gasteiger partial charge in [0.25, 0.3) is 0 Å². The zero-order chi connectivity index (χ0) is 9.26. The Bertz CT molecular complexity index is 421. The molecule has 1 aromatic heterocycles. The number of pyridine rings is 1. The molecular formula is C11H12N2. The van der Waals surface area contributed by atoms with E-state index in [-0.39, 0.29) is 0 Å². The molecule has 0 N–H and O–H groups in total. The van der Waals surface area contributed by atoms with Crippen LogP contribution in [-0.2, 0) is 0 Å². The zero-order valence-corrected chi connectivity index (χ0v) is 7.86. The van der Waals surface area contributed by atoms with Gasteiger partial charge in [-0.1, -0.05) is 12.1 Å². The van der Waals surface area contributed by atoms with Crippen molar-refractivity contribution in [1.82, 2.24) is 4.98 Å². The van der Waals surface area contributed by atoms with Crippen molar-refractivity contribution < 1.29 is 0 Å². The number of nitrogens with zero attached hydrogens (tertiary/aromatic N) is 2. The molecule has 0 saturated heterocycles. The average Bonchev–Trinajstić information content (AvgIpc) is 2.17. The predicted octanol–water partition coefficient (Wildman–Crippen LogP) is 2.30. The molecule has 13 heavy (non-hydrogen) atoms. The molecule has 1 aromatic carbocycles. The molecule has 2 rings (SSSR count). The van der Waals surface area contributed by atoms with Crippen LogP contribution in [0.15, 0.2) is 36.5 Å². The molecular weight excluding hydrogens is 160 g/mol. The predicted molar refractivity (Wildman–Crippen MR) is 56.1 cm³/mol. The van der Waals surface area contributed by atoms with E-state index in [1.807, 2.05) is 26.4 Å². The normalized spacial score (nSPS) is 10.3. The fourth-order valence-corrected chi connectivity index (χ4v) is 1.33. The zero-order valence-electron chi connectivity index (χ0n) is 7.86. The highest BCUT2D eigenvalue weighted by Crippen LogP contribution is 2.18. The monoisotopic (exact) mass is 172 g/mol. The van der Waals surface area contributed by atoms with Crippen molar-refractivity contribution in [3.05, 3.63) is 36.5 Å². The summed E-state index contributed by atoms with van der Waals surface area (Å²) in [5, 5.41) is 1.19. The second-order valence-corrected chi connectivity index (χ2v) is 3.27. The highest BCUT2D eigenvalue weighted by Gasteiger charge is 1.97. The van der Waals surface area contributed by atoms with E-state index in [2.05, 4.69) is 34.1 Å². The van der Waals surface area contributed by atoms with Gasteiger partial charge in [0.1, 0.15) is 0 Å². The molecule has 0 atom stereocenters. The van der Waals surface area contributed by atoms with E-state index < -0.39 is 0 Å². The van der Waals surface area contributed by atoms with E-state index in [9.17, 15) is 0 Å². The Hall–Kier alpha value is -1.57. The van der Waals surface area contributed by atoms with Crippen molar-refractivity contribution in [2.45, 2.75) is 0 Å². The maximum atomic E-state index is 4.30. The number of benzene rings is 1. The molecule has 0 spiro atoms. The maximum absolute atomic E-state index is 4.30. The van der Waals surface area contributed by atoms with Crippen LogP contribution in [0.3, 0.4) is 0 Å². The van der Waals surface area contributed by atoms with E-state index >= 15 is 0 Å². The van der Waals surface area contributed by atoms with Crippen molar-refractivity contribution in [1.29, 1.82) is 0 Å². The topological polar surface area (TPSA) is 16.1 Å². The van der Waals surface area contributed by atoms with Crippen LogP contribution in [0, 0.1) is 0 Å². The maximum Gasteiger partial charge on any atom is 0.0722 e. The second kappa shape index (κ2) is 3.05. The summed E-state index contributed by atoms with van der Waals surface area (Å²) in [7, 11) is 4.06. The Kier molecular flexibility index (Phi) is 1.89. The first kappa shape index (κ1) is 8.05. The molecule has 0 aliphatic carbocycles. The SMILES string of the molecule is CN(C)c1ccc2cccnc2c1. The third-order valence-corrected chi connectivity index (χ3v) is 2.11. The minimum atomic E-state index is 1.05. The van der Waals surface area contributed by atoms with Gasteiger partial charge in [0.15, 0.2) is 0 Å². The number of hydrogen-bond acceptors (Lipinski definition) is 2. The molecule has 1 heterocycles. The summed E-state index contributed by atoms with van der Waals surface area (Å²) in [4.78, 5) is 6.38. The lowest BCUT2D eigenvalue weighted by molar-refractivity contribution is 1.13. The highest BCUT2D eigenvalue weighted by molar-refractivity contribution is 5.81. The molecule has 2 aromatic rings. The van der Waals surface area contributed by atoms with Crippen LogP contribution in [0.5, 0.6) is 0 Å². The first-order valence-electron chi connectivity index (χ1n) is 4.29. The summed E-state index contributed by atoms with van der Waals surface area (Å²) in [6.07, 6.45) is 1.82. The van der Waals surface area contributed by atoms with Gasteiger partial charge < -0.3 is 4.90 Å². The molecule has 0 radical (unpaired) electrons. The number of hydrogen-bond donors (Lipinski definition) is 0. The smallest absolute Gasteiger partial charge is 0.0722 e. The van der Waals surface area contributed by atoms with Crippen molar-refractivity contribution in [3.63, 3.8) is 0 Å². The third kappa shape index (κ3) is 1.47. The Morgan fingerprint density at radius 1 is 1.15 bits per heavy atom. The Balaban J connectivity index is 2.62. The Labute approximate surface area is 77.8 Å². The van der Waals surface area contributed by atoms with Gasteiger partial charge in [-0.15, -0.1) is 0 Å². The van der Waals surface area contributed by atoms with Gasteiger partial charge in [-0.2, -0.15) is 0 Å². The van der Waals surface area contributed by atoms with Crippen LogP contribution in [0.1, 0.15) is 0 Å². The lowest BCUT2D eigenvalue weighted by Gasteiger charge is -2.12. The van der Waals surface area contributed by atoms with Gasteiger partial charge >= 0.3 is 0 Å². The fraction of sp³-hybridized carbons (Fsp3) is 0.182. The van der Waals surface area contributed by atoms with Gasteiger partial charge in [-0.05, 0) is 18.2 Å². The number of rotatable bonds is 1. The molecule has 0 saturated carbocycles. The van der Waals surface area contributed by atoms with Gasteiger partial charge in [-0.25, -0.2) is 0 Å². The Morgan fingerprint density at radius 3 is 2.77 bits per heavy atom. The van der Waals surface area contributed by atoms with Gasteiger partial charge in [-0.3, -0.25) is 4.98 Å². The fourth-order valence-electron chi connectivity index (χ4n) is 1.33. The lowest BCUT2D eigenvalue weighted by atomic mass is 10.2. The molecule has 0 amide bonds. The molecule has 0 bridgehead atoms. The van der Waals surface area contributed by atoms with Crippen molar-refractivity contribution in [2.75, 3.05) is 19.0 Å². The first-order chi connectivity index (χ1) is 6.27. The van der Waals surface area contributed by atoms with Crippen LogP contribution in [0.25, 0.3) is 10.9 Å². The molecule has 66 valence electrons. The average molecular weight is 172 g/mol. The molecule has 0 unspecified atom stereocenters. The van der Waals surface area contributed by atoms with Gasteiger partial charge in [0, 0.05) is 31.4 Å². The van der Waals surface area contributed by atoms with E-state index in [1.165, 1.54) is 11.1 Å². The largest absolute Gasteiger partial charge is 0.378 e. The van der Waals surface area contributed by atoms with Crippen molar-refractivity contribution >= 4 is 16.6 Å². The van der Waals surface area contributed by atoms with E-state index in [4.69, 9.17) is 0 Å². The first-order valence-corrected chi connectivity index (χ1v) is 4.29. The second-order valence-electron chi connectivity index (χ2n) is 3.27. The summed E-state index contributed by atoms with van der Waals surface area (Å²) in [5.74, 6) is 0. The molecule has 0 aliphatic heterocycles. The van der Waals surface area contributed by atoms with Gasteiger partial charge in [0.05, 0.1) is 5.52 Å². The van der Waals surface area contributed by atoms with Crippen LogP contribution in [0.4, 0.5) is 5.69 Å². The van der Waals surface area contributed by atoms with Crippen LogP contribution in [-0.4, -0.2) is 19.1 Å². The third-order valence-electron chi connectivity index (χ3n) is 2.11. The van der Waals surface area contributed by atoms with E-state index in [0.717, 1.165) is 5.52 Å². The van der Waals surface area contributed by atoms with Crippen LogP contribution >= 0.6 is 0 Å².